The number of hydrogen-bond acceptors (Lipinski definition) is 3. The smallest absolute Gasteiger partial charge is 0.244 e. The van der Waals surface area contributed by atoms with Crippen molar-refractivity contribution in [2.45, 2.75) is 13.3 Å². The van der Waals surface area contributed by atoms with Crippen LogP contribution in [-0.2, 0) is 11.2 Å². The van der Waals surface area contributed by atoms with E-state index in [0.717, 1.165) is 10.4 Å². The van der Waals surface area contributed by atoms with Crippen molar-refractivity contribution >= 4 is 23.5 Å². The Morgan fingerprint density at radius 3 is 2.72 bits per heavy atom. The van der Waals surface area contributed by atoms with Crippen LogP contribution in [0.15, 0.2) is 47.6 Å². The molecule has 18 heavy (non-hydrogen) atoms. The predicted molar refractivity (Wildman–Crippen MR) is 74.9 cm³/mol. The van der Waals surface area contributed by atoms with Crippen LogP contribution >= 0.6 is 11.3 Å². The van der Waals surface area contributed by atoms with Crippen molar-refractivity contribution in [3.8, 4) is 0 Å². The van der Waals surface area contributed by atoms with Crippen molar-refractivity contribution in [1.29, 1.82) is 0 Å². The molecule has 0 aliphatic carbocycles. The maximum Gasteiger partial charge on any atom is 0.244 e. The number of nitrogens with one attached hydrogen (secondary N) is 1. The number of rotatable bonds is 4. The number of hydrogen-bond donors (Lipinski definition) is 1. The lowest BCUT2D eigenvalue weighted by Crippen LogP contribution is -2.19. The maximum absolute atomic E-state index is 11.6. The minimum absolute atomic E-state index is 0.106. The quantitative estimate of drug-likeness (QED) is 0.665. The predicted octanol–water partition coefficient (Wildman–Crippen LogP) is 2.75. The van der Waals surface area contributed by atoms with Gasteiger partial charge < -0.3 is 0 Å². The first-order valence-electron chi connectivity index (χ1n) is 5.66. The zero-order valence-electron chi connectivity index (χ0n) is 10.1. The molecule has 0 aliphatic heterocycles. The van der Waals surface area contributed by atoms with E-state index in [9.17, 15) is 4.79 Å². The molecule has 0 saturated heterocycles. The summed E-state index contributed by atoms with van der Waals surface area (Å²) in [6.45, 7) is 2.04. The van der Waals surface area contributed by atoms with Gasteiger partial charge in [-0.3, -0.25) is 4.79 Å². The molecule has 2 aromatic rings. The molecule has 1 aromatic carbocycles. The number of carbonyl (C=O) groups excluding carboxylic acids is 1. The van der Waals surface area contributed by atoms with E-state index in [2.05, 4.69) is 10.5 Å². The van der Waals surface area contributed by atoms with Crippen LogP contribution in [0.3, 0.4) is 0 Å². The first-order valence-corrected chi connectivity index (χ1v) is 6.48. The largest absolute Gasteiger partial charge is 0.273 e. The first kappa shape index (κ1) is 12.5. The van der Waals surface area contributed by atoms with E-state index in [1.54, 1.807) is 17.6 Å². The maximum atomic E-state index is 11.6. The zero-order valence-corrected chi connectivity index (χ0v) is 10.9. The van der Waals surface area contributed by atoms with Gasteiger partial charge in [0.2, 0.25) is 5.91 Å². The molecule has 1 aromatic heterocycles. The number of hydrazone groups is 1. The summed E-state index contributed by atoms with van der Waals surface area (Å²) >= 11 is 1.64. The summed E-state index contributed by atoms with van der Waals surface area (Å²) < 4.78 is 0. The lowest BCUT2D eigenvalue weighted by Gasteiger charge is -1.99. The Morgan fingerprint density at radius 1 is 1.28 bits per heavy atom. The van der Waals surface area contributed by atoms with Crippen molar-refractivity contribution in [1.82, 2.24) is 5.43 Å². The number of carbonyl (C=O) groups is 1. The van der Waals surface area contributed by atoms with Gasteiger partial charge in [-0.2, -0.15) is 5.10 Å². The fraction of sp³-hybridized carbons (Fsp3) is 0.143. The molecule has 4 heteroatoms. The second-order valence-electron chi connectivity index (χ2n) is 3.90. The first-order chi connectivity index (χ1) is 8.74. The molecular weight excluding hydrogens is 244 g/mol. The van der Waals surface area contributed by atoms with Crippen molar-refractivity contribution in [3.63, 3.8) is 0 Å². The highest BCUT2D eigenvalue weighted by Gasteiger charge is 2.00. The third-order valence-electron chi connectivity index (χ3n) is 2.35. The standard InChI is InChI=1S/C14H14N2OS/c1-11-7-8-13(18-11)10-15-16-14(17)9-12-5-3-2-4-6-12/h2-8,10H,9H2,1H3,(H,16,17)/b15-10+. The summed E-state index contributed by atoms with van der Waals surface area (Å²) in [6, 6.07) is 13.6. The van der Waals surface area contributed by atoms with Crippen LogP contribution in [0.25, 0.3) is 0 Å². The molecule has 0 fully saturated rings. The molecule has 0 atom stereocenters. The van der Waals surface area contributed by atoms with Gasteiger partial charge in [0.25, 0.3) is 0 Å². The topological polar surface area (TPSA) is 41.5 Å². The summed E-state index contributed by atoms with van der Waals surface area (Å²) in [5.41, 5.74) is 3.51. The Labute approximate surface area is 110 Å². The SMILES string of the molecule is Cc1ccc(/C=N/NC(=O)Cc2ccccc2)s1. The molecule has 1 amide bonds. The highest BCUT2D eigenvalue weighted by molar-refractivity contribution is 7.13. The second-order valence-corrected chi connectivity index (χ2v) is 5.22. The van der Waals surface area contributed by atoms with Gasteiger partial charge in [0.15, 0.2) is 0 Å². The van der Waals surface area contributed by atoms with Crippen LogP contribution in [0.1, 0.15) is 15.3 Å². The van der Waals surface area contributed by atoms with E-state index in [-0.39, 0.29) is 5.91 Å². The molecule has 0 radical (unpaired) electrons. The van der Waals surface area contributed by atoms with E-state index < -0.39 is 0 Å². The molecule has 0 saturated carbocycles. The second kappa shape index (κ2) is 6.12. The Bertz CT molecular complexity index is 546. The summed E-state index contributed by atoms with van der Waals surface area (Å²) in [5, 5.41) is 3.94. The lowest BCUT2D eigenvalue weighted by molar-refractivity contribution is -0.120. The van der Waals surface area contributed by atoms with Crippen LogP contribution in [-0.4, -0.2) is 12.1 Å². The van der Waals surface area contributed by atoms with Gasteiger partial charge >= 0.3 is 0 Å². The zero-order chi connectivity index (χ0) is 12.8. The summed E-state index contributed by atoms with van der Waals surface area (Å²) in [4.78, 5) is 13.8. The van der Waals surface area contributed by atoms with Crippen LogP contribution in [0, 0.1) is 6.92 Å². The molecule has 92 valence electrons. The van der Waals surface area contributed by atoms with Crippen LogP contribution in [0.2, 0.25) is 0 Å². The third-order valence-corrected chi connectivity index (χ3v) is 3.28. The van der Waals surface area contributed by atoms with Gasteiger partial charge in [-0.05, 0) is 24.6 Å². The van der Waals surface area contributed by atoms with E-state index in [1.165, 1.54) is 4.88 Å². The van der Waals surface area contributed by atoms with Crippen LogP contribution < -0.4 is 5.43 Å². The Balaban J connectivity index is 1.83. The van der Waals surface area contributed by atoms with Gasteiger partial charge in [-0.25, -0.2) is 5.43 Å². The summed E-state index contributed by atoms with van der Waals surface area (Å²) in [6.07, 6.45) is 2.02. The van der Waals surface area contributed by atoms with Gasteiger partial charge in [-0.1, -0.05) is 30.3 Å². The molecule has 0 spiro atoms. The summed E-state index contributed by atoms with van der Waals surface area (Å²) in [7, 11) is 0. The number of thiophene rings is 1. The van der Waals surface area contributed by atoms with Crippen LogP contribution in [0.4, 0.5) is 0 Å². The number of aryl methyl sites for hydroxylation is 1. The normalized spacial score (nSPS) is 10.7. The molecule has 2 rings (SSSR count). The van der Waals surface area contributed by atoms with Crippen LogP contribution in [0.5, 0.6) is 0 Å². The Kier molecular flexibility index (Phi) is 4.25. The summed E-state index contributed by atoms with van der Waals surface area (Å²) in [5.74, 6) is -0.106. The van der Waals surface area contributed by atoms with Crippen molar-refractivity contribution in [2.24, 2.45) is 5.10 Å². The van der Waals surface area contributed by atoms with E-state index >= 15 is 0 Å². The van der Waals surface area contributed by atoms with E-state index in [4.69, 9.17) is 0 Å². The molecule has 0 aliphatic rings. The van der Waals surface area contributed by atoms with Crippen molar-refractivity contribution < 1.29 is 4.79 Å². The monoisotopic (exact) mass is 258 g/mol. The minimum Gasteiger partial charge on any atom is -0.273 e. The van der Waals surface area contributed by atoms with E-state index in [0.29, 0.717) is 6.42 Å². The fourth-order valence-corrected chi connectivity index (χ4v) is 2.26. The Hall–Kier alpha value is -1.94. The number of amides is 1. The fourth-order valence-electron chi connectivity index (χ4n) is 1.51. The average Bonchev–Trinajstić information content (AvgIpc) is 2.76. The molecule has 3 nitrogen and oxygen atoms in total. The highest BCUT2D eigenvalue weighted by atomic mass is 32.1. The highest BCUT2D eigenvalue weighted by Crippen LogP contribution is 2.12. The minimum atomic E-state index is -0.106. The molecular formula is C14H14N2OS. The average molecular weight is 258 g/mol. The van der Waals surface area contributed by atoms with Gasteiger partial charge in [0.05, 0.1) is 12.6 Å². The van der Waals surface area contributed by atoms with Gasteiger partial charge in [0, 0.05) is 9.75 Å². The third kappa shape index (κ3) is 3.82. The van der Waals surface area contributed by atoms with Gasteiger partial charge in [-0.15, -0.1) is 11.3 Å². The number of nitrogens with zero attached hydrogens (tertiary/aromatic N) is 1. The lowest BCUT2D eigenvalue weighted by atomic mass is 10.1. The van der Waals surface area contributed by atoms with Crippen molar-refractivity contribution in [2.75, 3.05) is 0 Å². The molecule has 0 unspecified atom stereocenters. The number of benzene rings is 1. The molecule has 0 bridgehead atoms. The van der Waals surface area contributed by atoms with Crippen molar-refractivity contribution in [3.05, 3.63) is 57.8 Å². The van der Waals surface area contributed by atoms with E-state index in [1.807, 2.05) is 49.4 Å². The molecule has 1 heterocycles. The van der Waals surface area contributed by atoms with Gasteiger partial charge in [0.1, 0.15) is 0 Å². The Morgan fingerprint density at radius 2 is 2.06 bits per heavy atom. The molecule has 1 N–H and O–H groups in total.